The fraction of sp³-hybridized carbons (Fsp3) is 0.316. The molecule has 1 aromatic heterocycles. The highest BCUT2D eigenvalue weighted by Crippen LogP contribution is 2.23. The molecule has 3 aromatic rings. The van der Waals surface area contributed by atoms with Crippen molar-refractivity contribution in [1.29, 1.82) is 0 Å². The minimum atomic E-state index is 0.227. The Balaban J connectivity index is 1.40. The smallest absolute Gasteiger partial charge is 0.222 e. The second-order valence-electron chi connectivity index (χ2n) is 6.30. The van der Waals surface area contributed by atoms with Crippen molar-refractivity contribution >= 4 is 16.7 Å². The molecule has 1 amide bonds. The van der Waals surface area contributed by atoms with Crippen LogP contribution >= 0.6 is 0 Å². The van der Waals surface area contributed by atoms with Gasteiger partial charge in [-0.15, -0.1) is 5.10 Å². The topological polar surface area (TPSA) is 51.0 Å². The Hall–Kier alpha value is -2.69. The number of rotatable bonds is 4. The molecule has 1 aliphatic heterocycles. The molecule has 1 aliphatic rings. The fourth-order valence-electron chi connectivity index (χ4n) is 3.51. The summed E-state index contributed by atoms with van der Waals surface area (Å²) in [5, 5.41) is 10.4. The van der Waals surface area contributed by atoms with E-state index in [-0.39, 0.29) is 11.9 Å². The highest BCUT2D eigenvalue weighted by atomic mass is 16.2. The van der Waals surface area contributed by atoms with Crippen LogP contribution in [0.5, 0.6) is 0 Å². The van der Waals surface area contributed by atoms with Crippen molar-refractivity contribution in [3.05, 3.63) is 60.4 Å². The molecule has 1 saturated heterocycles. The maximum Gasteiger partial charge on any atom is 0.222 e. The van der Waals surface area contributed by atoms with Gasteiger partial charge in [0, 0.05) is 25.7 Å². The molecule has 0 bridgehead atoms. The van der Waals surface area contributed by atoms with Crippen LogP contribution in [0.3, 0.4) is 0 Å². The second-order valence-corrected chi connectivity index (χ2v) is 6.30. The number of nitrogens with zero attached hydrogens (tertiary/aromatic N) is 4. The van der Waals surface area contributed by atoms with Gasteiger partial charge in [-0.2, -0.15) is 0 Å². The highest BCUT2D eigenvalue weighted by Gasteiger charge is 2.27. The van der Waals surface area contributed by atoms with Gasteiger partial charge < -0.3 is 4.90 Å². The lowest BCUT2D eigenvalue weighted by Gasteiger charge is -2.17. The largest absolute Gasteiger partial charge is 0.340 e. The van der Waals surface area contributed by atoms with E-state index in [0.29, 0.717) is 6.42 Å². The molecular formula is C19H20N4O. The minimum absolute atomic E-state index is 0.227. The number of amides is 1. The molecule has 122 valence electrons. The van der Waals surface area contributed by atoms with Crippen molar-refractivity contribution in [2.24, 2.45) is 0 Å². The predicted molar refractivity (Wildman–Crippen MR) is 92.5 cm³/mol. The first kappa shape index (κ1) is 14.9. The number of aryl methyl sites for hydroxylation is 1. The Morgan fingerprint density at radius 2 is 2.04 bits per heavy atom. The zero-order valence-electron chi connectivity index (χ0n) is 13.5. The molecule has 0 spiro atoms. The molecule has 1 fully saturated rings. The van der Waals surface area contributed by atoms with Crippen molar-refractivity contribution < 1.29 is 4.79 Å². The standard InChI is InChI=1S/C19H20N4O/c24-19(22-12-10-17(14-22)23-13-11-20-21-23)9-8-16-6-3-5-15-4-1-2-7-18(15)16/h1-7,11,13,17H,8-10,12,14H2/t17-/m0/s1. The fourth-order valence-corrected chi connectivity index (χ4v) is 3.51. The number of fused-ring (bicyclic) bond motifs is 1. The maximum atomic E-state index is 12.6. The average molecular weight is 320 g/mol. The zero-order valence-corrected chi connectivity index (χ0v) is 13.5. The van der Waals surface area contributed by atoms with Crippen LogP contribution < -0.4 is 0 Å². The van der Waals surface area contributed by atoms with Crippen LogP contribution in [0.25, 0.3) is 10.8 Å². The van der Waals surface area contributed by atoms with E-state index in [1.54, 1.807) is 6.20 Å². The number of hydrogen-bond donors (Lipinski definition) is 0. The summed E-state index contributed by atoms with van der Waals surface area (Å²) in [7, 11) is 0. The van der Waals surface area contributed by atoms with Crippen molar-refractivity contribution in [3.8, 4) is 0 Å². The monoisotopic (exact) mass is 320 g/mol. The van der Waals surface area contributed by atoms with Gasteiger partial charge in [-0.1, -0.05) is 47.7 Å². The number of benzene rings is 2. The summed E-state index contributed by atoms with van der Waals surface area (Å²) in [5.41, 5.74) is 1.24. The van der Waals surface area contributed by atoms with E-state index >= 15 is 0 Å². The second kappa shape index (κ2) is 6.43. The first-order chi connectivity index (χ1) is 11.8. The molecule has 1 atom stereocenters. The Bertz CT molecular complexity index is 838. The predicted octanol–water partition coefficient (Wildman–Crippen LogP) is 2.84. The zero-order chi connectivity index (χ0) is 16.4. The molecule has 0 unspecified atom stereocenters. The van der Waals surface area contributed by atoms with E-state index < -0.39 is 0 Å². The number of hydrogen-bond acceptors (Lipinski definition) is 3. The van der Waals surface area contributed by atoms with E-state index in [4.69, 9.17) is 0 Å². The summed E-state index contributed by atoms with van der Waals surface area (Å²) >= 11 is 0. The molecule has 0 N–H and O–H groups in total. The summed E-state index contributed by atoms with van der Waals surface area (Å²) < 4.78 is 1.86. The molecule has 5 heteroatoms. The average Bonchev–Trinajstić information content (AvgIpc) is 3.30. The molecule has 4 rings (SSSR count). The van der Waals surface area contributed by atoms with Gasteiger partial charge in [0.2, 0.25) is 5.91 Å². The molecule has 24 heavy (non-hydrogen) atoms. The first-order valence-corrected chi connectivity index (χ1v) is 8.41. The van der Waals surface area contributed by atoms with E-state index in [0.717, 1.165) is 25.9 Å². The quantitative estimate of drug-likeness (QED) is 0.743. The van der Waals surface area contributed by atoms with Crippen LogP contribution in [0.1, 0.15) is 24.4 Å². The van der Waals surface area contributed by atoms with Gasteiger partial charge in [0.1, 0.15) is 0 Å². The van der Waals surface area contributed by atoms with Crippen molar-refractivity contribution in [2.45, 2.75) is 25.3 Å². The Kier molecular flexibility index (Phi) is 3.99. The third-order valence-electron chi connectivity index (χ3n) is 4.82. The Labute approximate surface area is 140 Å². The first-order valence-electron chi connectivity index (χ1n) is 8.41. The van der Waals surface area contributed by atoms with Crippen LogP contribution in [0.2, 0.25) is 0 Å². The summed E-state index contributed by atoms with van der Waals surface area (Å²) in [5.74, 6) is 0.227. The molecule has 2 aromatic carbocycles. The lowest BCUT2D eigenvalue weighted by molar-refractivity contribution is -0.130. The van der Waals surface area contributed by atoms with Gasteiger partial charge in [0.15, 0.2) is 0 Å². The van der Waals surface area contributed by atoms with E-state index in [1.807, 2.05) is 21.8 Å². The van der Waals surface area contributed by atoms with E-state index in [2.05, 4.69) is 46.7 Å². The summed E-state index contributed by atoms with van der Waals surface area (Å²) in [6.45, 7) is 1.54. The molecule has 5 nitrogen and oxygen atoms in total. The molecular weight excluding hydrogens is 300 g/mol. The lowest BCUT2D eigenvalue weighted by Crippen LogP contribution is -2.29. The molecule has 0 saturated carbocycles. The number of carbonyl (C=O) groups is 1. The van der Waals surface area contributed by atoms with Gasteiger partial charge in [-0.25, -0.2) is 4.68 Å². The number of carbonyl (C=O) groups excluding carboxylic acids is 1. The summed E-state index contributed by atoms with van der Waals surface area (Å²) in [4.78, 5) is 14.5. The van der Waals surface area contributed by atoms with Crippen LogP contribution in [-0.4, -0.2) is 38.9 Å². The van der Waals surface area contributed by atoms with Crippen molar-refractivity contribution in [1.82, 2.24) is 19.9 Å². The Morgan fingerprint density at radius 1 is 1.17 bits per heavy atom. The molecule has 0 aliphatic carbocycles. The minimum Gasteiger partial charge on any atom is -0.340 e. The van der Waals surface area contributed by atoms with Gasteiger partial charge in [0.25, 0.3) is 0 Å². The van der Waals surface area contributed by atoms with Crippen molar-refractivity contribution in [3.63, 3.8) is 0 Å². The summed E-state index contributed by atoms with van der Waals surface area (Å²) in [6, 6.07) is 14.9. The van der Waals surface area contributed by atoms with Gasteiger partial charge in [-0.3, -0.25) is 4.79 Å². The van der Waals surface area contributed by atoms with Gasteiger partial charge in [0.05, 0.1) is 12.2 Å². The third-order valence-corrected chi connectivity index (χ3v) is 4.82. The summed E-state index contributed by atoms with van der Waals surface area (Å²) in [6.07, 6.45) is 5.84. The Morgan fingerprint density at radius 3 is 2.92 bits per heavy atom. The number of likely N-dealkylation sites (tertiary alicyclic amines) is 1. The molecule has 2 heterocycles. The third kappa shape index (κ3) is 2.89. The van der Waals surface area contributed by atoms with Crippen LogP contribution in [0.15, 0.2) is 54.9 Å². The number of aromatic nitrogens is 3. The van der Waals surface area contributed by atoms with E-state index in [9.17, 15) is 4.79 Å². The van der Waals surface area contributed by atoms with Gasteiger partial charge in [-0.05, 0) is 29.2 Å². The SMILES string of the molecule is O=C(CCc1cccc2ccccc12)N1CC[C@H](n2ccnn2)C1. The normalized spacial score (nSPS) is 17.5. The maximum absolute atomic E-state index is 12.6. The van der Waals surface area contributed by atoms with Crippen LogP contribution in [0, 0.1) is 0 Å². The van der Waals surface area contributed by atoms with Crippen LogP contribution in [-0.2, 0) is 11.2 Å². The highest BCUT2D eigenvalue weighted by molar-refractivity contribution is 5.86. The lowest BCUT2D eigenvalue weighted by atomic mass is 10.0. The molecule has 0 radical (unpaired) electrons. The van der Waals surface area contributed by atoms with Crippen molar-refractivity contribution in [2.75, 3.05) is 13.1 Å². The van der Waals surface area contributed by atoms with Gasteiger partial charge >= 0.3 is 0 Å². The van der Waals surface area contributed by atoms with Crippen LogP contribution in [0.4, 0.5) is 0 Å². The van der Waals surface area contributed by atoms with E-state index in [1.165, 1.54) is 16.3 Å².